The van der Waals surface area contributed by atoms with Gasteiger partial charge in [0.25, 0.3) is 0 Å². The molecule has 0 aliphatic carbocycles. The van der Waals surface area contributed by atoms with Gasteiger partial charge in [-0.2, -0.15) is 5.10 Å². The highest BCUT2D eigenvalue weighted by Crippen LogP contribution is 2.06. The Kier molecular flexibility index (Phi) is 4.15. The molecule has 5 nitrogen and oxygen atoms in total. The summed E-state index contributed by atoms with van der Waals surface area (Å²) in [6.45, 7) is 5.58. The van der Waals surface area contributed by atoms with Crippen LogP contribution in [0.4, 0.5) is 0 Å². The van der Waals surface area contributed by atoms with Crippen molar-refractivity contribution in [2.24, 2.45) is 7.05 Å². The van der Waals surface area contributed by atoms with E-state index in [0.717, 1.165) is 36.7 Å². The molecule has 0 aliphatic heterocycles. The Morgan fingerprint density at radius 1 is 1.28 bits per heavy atom. The van der Waals surface area contributed by atoms with E-state index >= 15 is 0 Å². The van der Waals surface area contributed by atoms with E-state index in [-0.39, 0.29) is 0 Å². The van der Waals surface area contributed by atoms with E-state index in [1.54, 1.807) is 6.20 Å². The molecule has 0 fully saturated rings. The Bertz CT molecular complexity index is 501. The normalized spacial score (nSPS) is 11.1. The van der Waals surface area contributed by atoms with Crippen molar-refractivity contribution in [1.29, 1.82) is 0 Å². The second-order valence-corrected chi connectivity index (χ2v) is 4.28. The van der Waals surface area contributed by atoms with Crippen molar-refractivity contribution in [2.75, 3.05) is 0 Å². The molecule has 0 saturated heterocycles. The molecule has 2 aromatic heterocycles. The standard InChI is InChI=1S/C13H20N4O/c1-4-10-6-11(17(3)16-10)7-14-9-13-15-8-12(5-2)18-13/h6,8,14H,4-5,7,9H2,1-3H3. The first kappa shape index (κ1) is 12.8. The lowest BCUT2D eigenvalue weighted by Crippen LogP contribution is -2.15. The first-order chi connectivity index (χ1) is 8.72. The molecule has 2 heterocycles. The molecule has 2 aromatic rings. The smallest absolute Gasteiger partial charge is 0.208 e. The lowest BCUT2D eigenvalue weighted by Gasteiger charge is -2.02. The lowest BCUT2D eigenvalue weighted by molar-refractivity contribution is 0.436. The number of oxazole rings is 1. The number of rotatable bonds is 6. The van der Waals surface area contributed by atoms with E-state index in [0.29, 0.717) is 6.54 Å². The molecule has 0 bridgehead atoms. The fourth-order valence-electron chi connectivity index (χ4n) is 1.80. The Morgan fingerprint density at radius 3 is 2.72 bits per heavy atom. The summed E-state index contributed by atoms with van der Waals surface area (Å²) in [6, 6.07) is 2.13. The molecular weight excluding hydrogens is 228 g/mol. The largest absolute Gasteiger partial charge is 0.444 e. The van der Waals surface area contributed by atoms with Gasteiger partial charge in [-0.15, -0.1) is 0 Å². The van der Waals surface area contributed by atoms with Crippen LogP contribution in [0.15, 0.2) is 16.7 Å². The highest BCUT2D eigenvalue weighted by molar-refractivity contribution is 5.09. The van der Waals surface area contributed by atoms with Gasteiger partial charge in [0.05, 0.1) is 24.1 Å². The summed E-state index contributed by atoms with van der Waals surface area (Å²) < 4.78 is 7.45. The third-order valence-corrected chi connectivity index (χ3v) is 2.92. The van der Waals surface area contributed by atoms with E-state index in [2.05, 4.69) is 35.3 Å². The highest BCUT2D eigenvalue weighted by Gasteiger charge is 2.05. The first-order valence-corrected chi connectivity index (χ1v) is 6.39. The first-order valence-electron chi connectivity index (χ1n) is 6.39. The van der Waals surface area contributed by atoms with Gasteiger partial charge in [0.2, 0.25) is 5.89 Å². The van der Waals surface area contributed by atoms with Gasteiger partial charge in [-0.3, -0.25) is 4.68 Å². The molecule has 18 heavy (non-hydrogen) atoms. The molecule has 0 atom stereocenters. The molecule has 0 spiro atoms. The minimum absolute atomic E-state index is 0.645. The third-order valence-electron chi connectivity index (χ3n) is 2.92. The molecule has 0 amide bonds. The van der Waals surface area contributed by atoms with Crippen LogP contribution >= 0.6 is 0 Å². The van der Waals surface area contributed by atoms with Crippen molar-refractivity contribution < 1.29 is 4.42 Å². The molecule has 0 radical (unpaired) electrons. The minimum atomic E-state index is 0.645. The average Bonchev–Trinajstić information content (AvgIpc) is 2.97. The summed E-state index contributed by atoms with van der Waals surface area (Å²) in [4.78, 5) is 4.21. The topological polar surface area (TPSA) is 55.9 Å². The summed E-state index contributed by atoms with van der Waals surface area (Å²) >= 11 is 0. The van der Waals surface area contributed by atoms with Crippen molar-refractivity contribution in [3.05, 3.63) is 35.3 Å². The van der Waals surface area contributed by atoms with E-state index < -0.39 is 0 Å². The zero-order valence-electron chi connectivity index (χ0n) is 11.2. The number of aryl methyl sites for hydroxylation is 3. The van der Waals surface area contributed by atoms with Gasteiger partial charge in [-0.05, 0) is 12.5 Å². The van der Waals surface area contributed by atoms with Gasteiger partial charge >= 0.3 is 0 Å². The summed E-state index contributed by atoms with van der Waals surface area (Å²) in [5, 5.41) is 7.73. The minimum Gasteiger partial charge on any atom is -0.444 e. The van der Waals surface area contributed by atoms with E-state index in [4.69, 9.17) is 4.42 Å². The molecule has 0 aromatic carbocycles. The van der Waals surface area contributed by atoms with Crippen LogP contribution in [-0.4, -0.2) is 14.8 Å². The number of aromatic nitrogens is 3. The van der Waals surface area contributed by atoms with Crippen molar-refractivity contribution >= 4 is 0 Å². The van der Waals surface area contributed by atoms with Crippen molar-refractivity contribution in [3.8, 4) is 0 Å². The number of nitrogens with one attached hydrogen (secondary N) is 1. The molecule has 0 aliphatic rings. The maximum atomic E-state index is 5.53. The van der Waals surface area contributed by atoms with Gasteiger partial charge in [-0.25, -0.2) is 4.98 Å². The molecular formula is C13H20N4O. The molecule has 0 saturated carbocycles. The second kappa shape index (κ2) is 5.82. The summed E-state index contributed by atoms with van der Waals surface area (Å²) in [5.41, 5.74) is 2.30. The van der Waals surface area contributed by atoms with E-state index in [1.807, 2.05) is 11.7 Å². The van der Waals surface area contributed by atoms with Crippen molar-refractivity contribution in [2.45, 2.75) is 39.8 Å². The van der Waals surface area contributed by atoms with E-state index in [9.17, 15) is 0 Å². The van der Waals surface area contributed by atoms with Crippen LogP contribution in [0.2, 0.25) is 0 Å². The predicted molar refractivity (Wildman–Crippen MR) is 69.0 cm³/mol. The fourth-order valence-corrected chi connectivity index (χ4v) is 1.80. The van der Waals surface area contributed by atoms with Crippen molar-refractivity contribution in [1.82, 2.24) is 20.1 Å². The SMILES string of the molecule is CCc1cc(CNCc2ncc(CC)o2)n(C)n1. The van der Waals surface area contributed by atoms with Gasteiger partial charge < -0.3 is 9.73 Å². The average molecular weight is 248 g/mol. The Morgan fingerprint density at radius 2 is 2.11 bits per heavy atom. The Balaban J connectivity index is 1.86. The maximum absolute atomic E-state index is 5.53. The molecule has 5 heteroatoms. The molecule has 2 rings (SSSR count). The molecule has 1 N–H and O–H groups in total. The van der Waals surface area contributed by atoms with Crippen LogP contribution in [-0.2, 0) is 33.0 Å². The summed E-state index contributed by atoms with van der Waals surface area (Å²) in [7, 11) is 1.97. The predicted octanol–water partition coefficient (Wildman–Crippen LogP) is 1.82. The van der Waals surface area contributed by atoms with Crippen molar-refractivity contribution in [3.63, 3.8) is 0 Å². The van der Waals surface area contributed by atoms with Crippen LogP contribution in [0, 0.1) is 0 Å². The zero-order chi connectivity index (χ0) is 13.0. The maximum Gasteiger partial charge on any atom is 0.208 e. The van der Waals surface area contributed by atoms with Gasteiger partial charge in [0.1, 0.15) is 5.76 Å². The fraction of sp³-hybridized carbons (Fsp3) is 0.538. The Hall–Kier alpha value is -1.62. The van der Waals surface area contributed by atoms with E-state index in [1.165, 1.54) is 5.69 Å². The quantitative estimate of drug-likeness (QED) is 0.847. The number of hydrogen-bond donors (Lipinski definition) is 1. The lowest BCUT2D eigenvalue weighted by atomic mass is 10.3. The summed E-state index contributed by atoms with van der Waals surface area (Å²) in [6.07, 6.45) is 3.64. The third kappa shape index (κ3) is 2.98. The van der Waals surface area contributed by atoms with Gasteiger partial charge in [0.15, 0.2) is 0 Å². The van der Waals surface area contributed by atoms with Crippen LogP contribution in [0.3, 0.4) is 0 Å². The zero-order valence-corrected chi connectivity index (χ0v) is 11.2. The highest BCUT2D eigenvalue weighted by atomic mass is 16.4. The van der Waals surface area contributed by atoms with Gasteiger partial charge in [-0.1, -0.05) is 13.8 Å². The second-order valence-electron chi connectivity index (χ2n) is 4.28. The monoisotopic (exact) mass is 248 g/mol. The summed E-state index contributed by atoms with van der Waals surface area (Å²) in [5.74, 6) is 1.67. The van der Waals surface area contributed by atoms with Gasteiger partial charge in [0, 0.05) is 20.0 Å². The van der Waals surface area contributed by atoms with Crippen LogP contribution in [0.1, 0.15) is 36.9 Å². The van der Waals surface area contributed by atoms with Crippen LogP contribution in [0.5, 0.6) is 0 Å². The molecule has 0 unspecified atom stereocenters. The van der Waals surface area contributed by atoms with Crippen LogP contribution in [0.25, 0.3) is 0 Å². The molecule has 98 valence electrons. The number of nitrogens with zero attached hydrogens (tertiary/aromatic N) is 3. The van der Waals surface area contributed by atoms with Crippen LogP contribution < -0.4 is 5.32 Å². The number of hydrogen-bond acceptors (Lipinski definition) is 4. The Labute approximate surface area is 107 Å².